The molecule has 1 saturated heterocycles. The van der Waals surface area contributed by atoms with Crippen LogP contribution in [0.15, 0.2) is 40.9 Å². The molecular formula is C23H21Cl3N2O3. The lowest BCUT2D eigenvalue weighted by atomic mass is 9.86. The highest BCUT2D eigenvalue weighted by molar-refractivity contribution is 6.39. The number of ether oxygens (including phenoxy) is 1. The van der Waals surface area contributed by atoms with E-state index in [0.29, 0.717) is 56.6 Å². The summed E-state index contributed by atoms with van der Waals surface area (Å²) in [6, 6.07) is 10.7. The fourth-order valence-corrected chi connectivity index (χ4v) is 5.11. The van der Waals surface area contributed by atoms with Gasteiger partial charge in [-0.2, -0.15) is 0 Å². The van der Waals surface area contributed by atoms with Gasteiger partial charge in [0.15, 0.2) is 0 Å². The second-order valence-corrected chi connectivity index (χ2v) is 9.60. The molecule has 2 fully saturated rings. The number of hydrogen-bond donors (Lipinski definition) is 1. The lowest BCUT2D eigenvalue weighted by Gasteiger charge is -2.45. The van der Waals surface area contributed by atoms with Gasteiger partial charge in [0.05, 0.1) is 20.6 Å². The van der Waals surface area contributed by atoms with Gasteiger partial charge < -0.3 is 14.4 Å². The van der Waals surface area contributed by atoms with Gasteiger partial charge in [0.25, 0.3) is 0 Å². The molecule has 1 aliphatic carbocycles. The quantitative estimate of drug-likeness (QED) is 0.477. The maximum Gasteiger partial charge on any atom is 0.147 e. The SMILES string of the molecule is CN1CC(O)(c2ccc(OCc3c(-c4c(Cl)cccc4Cl)noc3C3CC3)cc2Cl)C1. The predicted octanol–water partition coefficient (Wildman–Crippen LogP) is 5.89. The van der Waals surface area contributed by atoms with Gasteiger partial charge in [-0.1, -0.05) is 52.1 Å². The number of nitrogens with zero attached hydrogens (tertiary/aromatic N) is 2. The van der Waals surface area contributed by atoms with Crippen molar-refractivity contribution in [1.82, 2.24) is 10.1 Å². The summed E-state index contributed by atoms with van der Waals surface area (Å²) in [6.45, 7) is 1.36. The maximum absolute atomic E-state index is 10.7. The minimum atomic E-state index is -0.911. The third-order valence-corrected chi connectivity index (χ3v) is 6.80. The number of halogens is 3. The minimum absolute atomic E-state index is 0.245. The van der Waals surface area contributed by atoms with Crippen molar-refractivity contribution >= 4 is 34.8 Å². The summed E-state index contributed by atoms with van der Waals surface area (Å²) in [6.07, 6.45) is 2.12. The highest BCUT2D eigenvalue weighted by Gasteiger charge is 2.42. The molecule has 2 aromatic carbocycles. The molecule has 1 saturated carbocycles. The van der Waals surface area contributed by atoms with Crippen LogP contribution in [0.1, 0.15) is 35.6 Å². The number of aliphatic hydroxyl groups is 1. The molecule has 2 heterocycles. The van der Waals surface area contributed by atoms with E-state index in [1.807, 2.05) is 24.1 Å². The molecule has 0 unspecified atom stereocenters. The largest absolute Gasteiger partial charge is 0.489 e. The van der Waals surface area contributed by atoms with Crippen LogP contribution in [0.4, 0.5) is 0 Å². The second kappa shape index (κ2) is 7.98. The number of aromatic nitrogens is 1. The highest BCUT2D eigenvalue weighted by Crippen LogP contribution is 2.46. The van der Waals surface area contributed by atoms with Crippen LogP contribution >= 0.6 is 34.8 Å². The zero-order chi connectivity index (χ0) is 21.8. The summed E-state index contributed by atoms with van der Waals surface area (Å²) in [5.41, 5.74) is 1.90. The monoisotopic (exact) mass is 478 g/mol. The molecule has 1 aromatic heterocycles. The van der Waals surface area contributed by atoms with Crippen LogP contribution < -0.4 is 4.74 Å². The molecule has 5 nitrogen and oxygen atoms in total. The van der Waals surface area contributed by atoms with Crippen molar-refractivity contribution in [3.8, 4) is 17.0 Å². The van der Waals surface area contributed by atoms with Gasteiger partial charge in [-0.15, -0.1) is 0 Å². The van der Waals surface area contributed by atoms with E-state index in [0.717, 1.165) is 24.2 Å². The van der Waals surface area contributed by atoms with Crippen LogP contribution in [0, 0.1) is 0 Å². The molecule has 0 radical (unpaired) electrons. The van der Waals surface area contributed by atoms with E-state index in [1.165, 1.54) is 0 Å². The van der Waals surface area contributed by atoms with Gasteiger partial charge >= 0.3 is 0 Å². The molecule has 31 heavy (non-hydrogen) atoms. The van der Waals surface area contributed by atoms with E-state index in [9.17, 15) is 5.11 Å². The Balaban J connectivity index is 1.42. The van der Waals surface area contributed by atoms with Crippen LogP contribution in [-0.4, -0.2) is 35.3 Å². The summed E-state index contributed by atoms with van der Waals surface area (Å²) in [5, 5.41) is 16.5. The Morgan fingerprint density at radius 1 is 1.13 bits per heavy atom. The standard InChI is InChI=1S/C23H21Cl3N2O3/c1-28-11-23(29,12-28)16-8-7-14(9-19(16)26)30-10-15-21(27-31-22(15)13-5-6-13)20-17(24)3-2-4-18(20)25/h2-4,7-9,13,29H,5-6,10-12H2,1H3. The Labute approximate surface area is 195 Å². The third-order valence-electron chi connectivity index (χ3n) is 5.85. The number of rotatable bonds is 6. The summed E-state index contributed by atoms with van der Waals surface area (Å²) in [7, 11) is 1.96. The molecule has 0 bridgehead atoms. The first kappa shape index (κ1) is 21.1. The first-order valence-corrected chi connectivity index (χ1v) is 11.3. The van der Waals surface area contributed by atoms with Crippen molar-refractivity contribution in [1.29, 1.82) is 0 Å². The molecule has 1 N–H and O–H groups in total. The first-order chi connectivity index (χ1) is 14.9. The molecule has 3 aromatic rings. The summed E-state index contributed by atoms with van der Waals surface area (Å²) >= 11 is 19.3. The van der Waals surface area contributed by atoms with E-state index < -0.39 is 5.60 Å². The van der Waals surface area contributed by atoms with E-state index >= 15 is 0 Å². The van der Waals surface area contributed by atoms with Gasteiger partial charge in [-0.25, -0.2) is 0 Å². The molecule has 1 aliphatic heterocycles. The molecule has 0 atom stereocenters. The number of likely N-dealkylation sites (N-methyl/N-ethyl adjacent to an activating group) is 1. The summed E-state index contributed by atoms with van der Waals surface area (Å²) in [5.74, 6) is 1.77. The van der Waals surface area contributed by atoms with Gasteiger partial charge in [0, 0.05) is 30.1 Å². The van der Waals surface area contributed by atoms with E-state index in [1.54, 1.807) is 24.3 Å². The number of β-amino-alcohol motifs (C(OH)–C–C–N with tert-alkyl or cyclic N) is 1. The molecular weight excluding hydrogens is 459 g/mol. The molecule has 0 spiro atoms. The normalized spacial score (nSPS) is 18.1. The Bertz CT molecular complexity index is 1120. The number of likely N-dealkylation sites (tertiary alicyclic amines) is 1. The maximum atomic E-state index is 10.7. The van der Waals surface area contributed by atoms with Gasteiger partial charge in [-0.3, -0.25) is 4.90 Å². The van der Waals surface area contributed by atoms with Crippen molar-refractivity contribution in [3.63, 3.8) is 0 Å². The third kappa shape index (κ3) is 3.94. The van der Waals surface area contributed by atoms with Gasteiger partial charge in [0.1, 0.15) is 29.4 Å². The fourth-order valence-electron chi connectivity index (χ4n) is 4.18. The average molecular weight is 480 g/mol. The van der Waals surface area contributed by atoms with Crippen molar-refractivity contribution < 1.29 is 14.4 Å². The van der Waals surface area contributed by atoms with Crippen molar-refractivity contribution in [2.24, 2.45) is 0 Å². The van der Waals surface area contributed by atoms with E-state index in [4.69, 9.17) is 44.1 Å². The van der Waals surface area contributed by atoms with Gasteiger partial charge in [-0.05, 0) is 44.2 Å². The topological polar surface area (TPSA) is 58.7 Å². The Morgan fingerprint density at radius 2 is 1.84 bits per heavy atom. The fraction of sp³-hybridized carbons (Fsp3) is 0.348. The van der Waals surface area contributed by atoms with Crippen molar-refractivity contribution in [2.75, 3.05) is 20.1 Å². The lowest BCUT2D eigenvalue weighted by Crippen LogP contribution is -2.57. The van der Waals surface area contributed by atoms with Crippen LogP contribution in [-0.2, 0) is 12.2 Å². The minimum Gasteiger partial charge on any atom is -0.489 e. The smallest absolute Gasteiger partial charge is 0.147 e. The van der Waals surface area contributed by atoms with E-state index in [2.05, 4.69) is 5.16 Å². The summed E-state index contributed by atoms with van der Waals surface area (Å²) in [4.78, 5) is 2.04. The number of benzene rings is 2. The lowest BCUT2D eigenvalue weighted by molar-refractivity contribution is -0.0918. The second-order valence-electron chi connectivity index (χ2n) is 8.38. The van der Waals surface area contributed by atoms with Crippen molar-refractivity contribution in [2.45, 2.75) is 31.0 Å². The molecule has 0 amide bonds. The van der Waals surface area contributed by atoms with Crippen molar-refractivity contribution in [3.05, 3.63) is 68.4 Å². The Kier molecular flexibility index (Phi) is 5.43. The first-order valence-electron chi connectivity index (χ1n) is 10.1. The predicted molar refractivity (Wildman–Crippen MR) is 121 cm³/mol. The van der Waals surface area contributed by atoms with Crippen LogP contribution in [0.2, 0.25) is 15.1 Å². The average Bonchev–Trinajstić information content (AvgIpc) is 3.46. The van der Waals surface area contributed by atoms with Gasteiger partial charge in [0.2, 0.25) is 0 Å². The van der Waals surface area contributed by atoms with Crippen LogP contribution in [0.5, 0.6) is 5.75 Å². The van der Waals surface area contributed by atoms with Crippen LogP contribution in [0.3, 0.4) is 0 Å². The molecule has 2 aliphatic rings. The Hall–Kier alpha value is -1.76. The summed E-state index contributed by atoms with van der Waals surface area (Å²) < 4.78 is 11.8. The molecule has 8 heteroatoms. The zero-order valence-corrected chi connectivity index (χ0v) is 19.1. The molecule has 5 rings (SSSR count). The Morgan fingerprint density at radius 3 is 2.45 bits per heavy atom. The van der Waals surface area contributed by atoms with Crippen LogP contribution in [0.25, 0.3) is 11.3 Å². The zero-order valence-electron chi connectivity index (χ0n) is 16.9. The molecule has 162 valence electrons. The highest BCUT2D eigenvalue weighted by atomic mass is 35.5. The van der Waals surface area contributed by atoms with E-state index in [-0.39, 0.29) is 6.61 Å². The number of hydrogen-bond acceptors (Lipinski definition) is 5.